The number of hydrogen-bond donors (Lipinski definition) is 0. The smallest absolute Gasteiger partial charge is 0.253 e. The number of amides is 1. The van der Waals surface area contributed by atoms with Crippen molar-refractivity contribution in [2.24, 2.45) is 7.05 Å². The Bertz CT molecular complexity index is 962. The maximum atomic E-state index is 13.2. The molecule has 0 aliphatic carbocycles. The van der Waals surface area contributed by atoms with Gasteiger partial charge in [0.15, 0.2) is 0 Å². The van der Waals surface area contributed by atoms with Crippen molar-refractivity contribution in [1.82, 2.24) is 14.7 Å². The van der Waals surface area contributed by atoms with E-state index < -0.39 is 0 Å². The lowest BCUT2D eigenvalue weighted by Gasteiger charge is -2.48. The second-order valence-electron chi connectivity index (χ2n) is 9.63. The topological polar surface area (TPSA) is 65.8 Å². The third kappa shape index (κ3) is 5.25. The molecule has 0 saturated carbocycles. The minimum Gasteiger partial charge on any atom is -0.491 e. The zero-order valence-corrected chi connectivity index (χ0v) is 20.5. The molecule has 1 amide bonds. The Morgan fingerprint density at radius 3 is 2.64 bits per heavy atom. The second-order valence-corrected chi connectivity index (χ2v) is 9.63. The number of benzene rings is 1. The van der Waals surface area contributed by atoms with Crippen LogP contribution in [0, 0.1) is 6.92 Å². The van der Waals surface area contributed by atoms with Gasteiger partial charge in [-0.25, -0.2) is 0 Å². The molecule has 2 fully saturated rings. The van der Waals surface area contributed by atoms with Gasteiger partial charge in [-0.1, -0.05) is 0 Å². The van der Waals surface area contributed by atoms with Crippen LogP contribution in [0.1, 0.15) is 74.2 Å². The van der Waals surface area contributed by atoms with Crippen molar-refractivity contribution < 1.29 is 19.0 Å². The van der Waals surface area contributed by atoms with E-state index in [0.717, 1.165) is 42.7 Å². The monoisotopic (exact) mass is 455 g/mol. The van der Waals surface area contributed by atoms with Crippen LogP contribution in [0.15, 0.2) is 30.5 Å². The Balaban J connectivity index is 1.44. The van der Waals surface area contributed by atoms with Crippen LogP contribution in [0.25, 0.3) is 0 Å². The van der Waals surface area contributed by atoms with Crippen molar-refractivity contribution in [2.45, 2.75) is 77.3 Å². The molecule has 7 heteroatoms. The summed E-state index contributed by atoms with van der Waals surface area (Å²) >= 11 is 0. The van der Waals surface area contributed by atoms with E-state index in [4.69, 9.17) is 14.2 Å². The molecule has 2 aromatic rings. The number of carbonyl (C=O) groups is 1. The van der Waals surface area contributed by atoms with E-state index in [2.05, 4.69) is 5.10 Å². The van der Waals surface area contributed by atoms with Gasteiger partial charge in [0.25, 0.3) is 5.91 Å². The first-order valence-corrected chi connectivity index (χ1v) is 12.1. The van der Waals surface area contributed by atoms with Crippen molar-refractivity contribution in [3.8, 4) is 5.75 Å². The summed E-state index contributed by atoms with van der Waals surface area (Å²) in [4.78, 5) is 15.2. The summed E-state index contributed by atoms with van der Waals surface area (Å²) in [6.07, 6.45) is 5.36. The molecule has 2 aliphatic heterocycles. The van der Waals surface area contributed by atoms with Gasteiger partial charge in [-0.05, 0) is 70.4 Å². The van der Waals surface area contributed by atoms with Gasteiger partial charge in [-0.3, -0.25) is 9.48 Å². The normalized spacial score (nSPS) is 22.7. The molecule has 1 spiro atoms. The predicted octanol–water partition coefficient (Wildman–Crippen LogP) is 4.45. The molecular weight excluding hydrogens is 418 g/mol. The summed E-state index contributed by atoms with van der Waals surface area (Å²) in [7, 11) is 1.95. The average Bonchev–Trinajstić information content (AvgIpc) is 3.21. The lowest BCUT2D eigenvalue weighted by Crippen LogP contribution is -2.52. The molecule has 4 rings (SSSR count). The van der Waals surface area contributed by atoms with E-state index >= 15 is 0 Å². The van der Waals surface area contributed by atoms with Gasteiger partial charge in [0.2, 0.25) is 0 Å². The minimum atomic E-state index is -0.269. The number of hydrogen-bond acceptors (Lipinski definition) is 5. The van der Waals surface area contributed by atoms with Crippen LogP contribution in [-0.4, -0.2) is 58.1 Å². The fraction of sp³-hybridized carbons (Fsp3) is 0.615. The molecule has 1 aromatic heterocycles. The minimum absolute atomic E-state index is 0.0406. The number of carbonyl (C=O) groups excluding carboxylic acids is 1. The highest BCUT2D eigenvalue weighted by molar-refractivity contribution is 5.94. The maximum Gasteiger partial charge on any atom is 0.253 e. The zero-order chi connectivity index (χ0) is 23.6. The van der Waals surface area contributed by atoms with Crippen molar-refractivity contribution in [2.75, 3.05) is 19.7 Å². The summed E-state index contributed by atoms with van der Waals surface area (Å²) in [5.74, 6) is 0.905. The molecule has 2 aliphatic rings. The Kier molecular flexibility index (Phi) is 7.10. The molecule has 2 atom stereocenters. The van der Waals surface area contributed by atoms with Crippen molar-refractivity contribution in [1.29, 1.82) is 0 Å². The Hall–Kier alpha value is -2.38. The van der Waals surface area contributed by atoms with Gasteiger partial charge < -0.3 is 19.1 Å². The van der Waals surface area contributed by atoms with Gasteiger partial charge in [-0.2, -0.15) is 5.10 Å². The summed E-state index contributed by atoms with van der Waals surface area (Å²) in [5.41, 5.74) is 2.51. The molecule has 3 heterocycles. The Morgan fingerprint density at radius 2 is 2.03 bits per heavy atom. The fourth-order valence-corrected chi connectivity index (χ4v) is 5.17. The van der Waals surface area contributed by atoms with E-state index in [-0.39, 0.29) is 29.8 Å². The SMILES string of the molecule is CCO[C@H]1C[C@@H](c2ccnn2C)OC2(CCN(C(=O)c3ccc(OC(C)C)c(C)c3)CC2)C1. The van der Waals surface area contributed by atoms with Crippen LogP contribution in [-0.2, 0) is 16.5 Å². The number of piperidine rings is 1. The van der Waals surface area contributed by atoms with E-state index in [1.54, 1.807) is 0 Å². The van der Waals surface area contributed by atoms with E-state index in [9.17, 15) is 4.79 Å². The van der Waals surface area contributed by atoms with Crippen LogP contribution in [0.5, 0.6) is 5.75 Å². The highest BCUT2D eigenvalue weighted by atomic mass is 16.5. The molecule has 0 radical (unpaired) electrons. The van der Waals surface area contributed by atoms with Crippen LogP contribution >= 0.6 is 0 Å². The quantitative estimate of drug-likeness (QED) is 0.644. The first kappa shape index (κ1) is 23.8. The molecule has 0 bridgehead atoms. The van der Waals surface area contributed by atoms with Gasteiger partial charge in [0.05, 0.1) is 23.5 Å². The summed E-state index contributed by atoms with van der Waals surface area (Å²) in [6.45, 7) is 10.1. The van der Waals surface area contributed by atoms with Crippen LogP contribution in [0.3, 0.4) is 0 Å². The summed E-state index contributed by atoms with van der Waals surface area (Å²) in [6, 6.07) is 7.74. The molecule has 180 valence electrons. The molecule has 7 nitrogen and oxygen atoms in total. The van der Waals surface area contributed by atoms with Gasteiger partial charge in [0, 0.05) is 51.3 Å². The van der Waals surface area contributed by atoms with Crippen LogP contribution < -0.4 is 4.74 Å². The Morgan fingerprint density at radius 1 is 1.27 bits per heavy atom. The first-order valence-electron chi connectivity index (χ1n) is 12.1. The third-order valence-corrected chi connectivity index (χ3v) is 6.81. The average molecular weight is 456 g/mol. The van der Waals surface area contributed by atoms with E-state index in [0.29, 0.717) is 25.3 Å². The van der Waals surface area contributed by atoms with Crippen molar-refractivity contribution >= 4 is 5.91 Å². The number of aromatic nitrogens is 2. The number of nitrogens with zero attached hydrogens (tertiary/aromatic N) is 3. The first-order chi connectivity index (χ1) is 15.8. The number of aryl methyl sites for hydroxylation is 2. The Labute approximate surface area is 197 Å². The molecular formula is C26H37N3O4. The molecule has 0 unspecified atom stereocenters. The van der Waals surface area contributed by atoms with Crippen molar-refractivity contribution in [3.63, 3.8) is 0 Å². The van der Waals surface area contributed by atoms with Crippen molar-refractivity contribution in [3.05, 3.63) is 47.3 Å². The largest absolute Gasteiger partial charge is 0.491 e. The summed E-state index contributed by atoms with van der Waals surface area (Å²) in [5, 5.41) is 4.33. The van der Waals surface area contributed by atoms with E-state index in [1.165, 1.54) is 0 Å². The second kappa shape index (κ2) is 9.85. The number of likely N-dealkylation sites (tertiary alicyclic amines) is 1. The standard InChI is InChI=1S/C26H37N3O4/c1-6-31-21-16-24(22-9-12-27-28(22)5)33-26(17-21)10-13-29(14-11-26)25(30)20-7-8-23(19(4)15-20)32-18(2)3/h7-9,12,15,18,21,24H,6,10-11,13-14,16-17H2,1-5H3/t21-,24-/m0/s1. The zero-order valence-electron chi connectivity index (χ0n) is 20.5. The highest BCUT2D eigenvalue weighted by Crippen LogP contribution is 2.44. The number of rotatable bonds is 6. The van der Waals surface area contributed by atoms with E-state index in [1.807, 2.05) is 74.8 Å². The molecule has 33 heavy (non-hydrogen) atoms. The predicted molar refractivity (Wildman–Crippen MR) is 126 cm³/mol. The van der Waals surface area contributed by atoms with Crippen LogP contribution in [0.4, 0.5) is 0 Å². The molecule has 2 saturated heterocycles. The third-order valence-electron chi connectivity index (χ3n) is 6.81. The lowest BCUT2D eigenvalue weighted by atomic mass is 9.81. The molecule has 0 N–H and O–H groups in total. The fourth-order valence-electron chi connectivity index (χ4n) is 5.17. The summed E-state index contributed by atoms with van der Waals surface area (Å²) < 4.78 is 20.5. The van der Waals surface area contributed by atoms with Gasteiger partial charge in [0.1, 0.15) is 11.9 Å². The van der Waals surface area contributed by atoms with Gasteiger partial charge >= 0.3 is 0 Å². The van der Waals surface area contributed by atoms with Gasteiger partial charge in [-0.15, -0.1) is 0 Å². The molecule has 1 aromatic carbocycles. The number of ether oxygens (including phenoxy) is 3. The maximum absolute atomic E-state index is 13.2. The lowest BCUT2D eigenvalue weighted by molar-refractivity contribution is -0.192. The highest BCUT2D eigenvalue weighted by Gasteiger charge is 2.45. The van der Waals surface area contributed by atoms with Crippen LogP contribution in [0.2, 0.25) is 0 Å².